The van der Waals surface area contributed by atoms with Crippen LogP contribution in [-0.2, 0) is 10.0 Å². The lowest BCUT2D eigenvalue weighted by molar-refractivity contribution is 0.174. The van der Waals surface area contributed by atoms with Crippen molar-refractivity contribution in [3.8, 4) is 11.5 Å². The number of rotatable bonds is 3. The Morgan fingerprint density at radius 1 is 1.04 bits per heavy atom. The minimum atomic E-state index is -3.68. The second-order valence-electron chi connectivity index (χ2n) is 6.04. The standard InChI is InChI=1S/C17H15Cl2NO4S/c18-13-2-3-14(19)17(8-13)25(21,22)20-6-5-12(9-20)11-1-4-15-16(7-11)24-10-23-15/h1-4,7-8,12H,5-6,9-10H2. The molecule has 0 amide bonds. The van der Waals surface area contributed by atoms with E-state index in [1.54, 1.807) is 6.07 Å². The van der Waals surface area contributed by atoms with E-state index in [9.17, 15) is 8.42 Å². The van der Waals surface area contributed by atoms with Gasteiger partial charge in [0.15, 0.2) is 11.5 Å². The van der Waals surface area contributed by atoms with Gasteiger partial charge in [-0.05, 0) is 48.2 Å². The molecule has 1 fully saturated rings. The van der Waals surface area contributed by atoms with Gasteiger partial charge >= 0.3 is 0 Å². The van der Waals surface area contributed by atoms with Crippen molar-refractivity contribution >= 4 is 33.2 Å². The van der Waals surface area contributed by atoms with Crippen LogP contribution < -0.4 is 9.47 Å². The van der Waals surface area contributed by atoms with Gasteiger partial charge in [-0.3, -0.25) is 0 Å². The van der Waals surface area contributed by atoms with Gasteiger partial charge in [0, 0.05) is 18.1 Å². The largest absolute Gasteiger partial charge is 0.454 e. The third kappa shape index (κ3) is 3.08. The van der Waals surface area contributed by atoms with E-state index in [2.05, 4.69) is 0 Å². The summed E-state index contributed by atoms with van der Waals surface area (Å²) in [6.07, 6.45) is 0.733. The zero-order valence-electron chi connectivity index (χ0n) is 13.1. The van der Waals surface area contributed by atoms with Crippen molar-refractivity contribution in [1.29, 1.82) is 0 Å². The van der Waals surface area contributed by atoms with Crippen molar-refractivity contribution in [2.75, 3.05) is 19.9 Å². The highest BCUT2D eigenvalue weighted by molar-refractivity contribution is 7.89. The molecule has 5 nitrogen and oxygen atoms in total. The van der Waals surface area contributed by atoms with Crippen LogP contribution in [-0.4, -0.2) is 32.6 Å². The van der Waals surface area contributed by atoms with E-state index >= 15 is 0 Å². The van der Waals surface area contributed by atoms with Crippen LogP contribution in [0.2, 0.25) is 10.0 Å². The number of benzene rings is 2. The van der Waals surface area contributed by atoms with Gasteiger partial charge in [-0.15, -0.1) is 0 Å². The Hall–Kier alpha value is -1.47. The predicted octanol–water partition coefficient (Wildman–Crippen LogP) is 3.90. The minimum Gasteiger partial charge on any atom is -0.454 e. The fourth-order valence-corrected chi connectivity index (χ4v) is 5.44. The van der Waals surface area contributed by atoms with E-state index in [4.69, 9.17) is 32.7 Å². The van der Waals surface area contributed by atoms with E-state index in [1.165, 1.54) is 16.4 Å². The molecule has 2 aliphatic rings. The van der Waals surface area contributed by atoms with Gasteiger partial charge in [-0.25, -0.2) is 8.42 Å². The van der Waals surface area contributed by atoms with Gasteiger partial charge in [-0.1, -0.05) is 29.3 Å². The SMILES string of the molecule is O=S(=O)(c1cc(Cl)ccc1Cl)N1CCC(c2ccc3c(c2)OCO3)C1. The Kier molecular flexibility index (Phi) is 4.32. The van der Waals surface area contributed by atoms with Crippen molar-refractivity contribution in [3.05, 3.63) is 52.0 Å². The minimum absolute atomic E-state index is 0.0491. The van der Waals surface area contributed by atoms with Crippen molar-refractivity contribution in [2.24, 2.45) is 0 Å². The van der Waals surface area contributed by atoms with Crippen LogP contribution in [0, 0.1) is 0 Å². The van der Waals surface area contributed by atoms with Crippen LogP contribution in [0.25, 0.3) is 0 Å². The number of halogens is 2. The summed E-state index contributed by atoms with van der Waals surface area (Å²) in [4.78, 5) is 0.0491. The fraction of sp³-hybridized carbons (Fsp3) is 0.294. The maximum absolute atomic E-state index is 12.9. The van der Waals surface area contributed by atoms with E-state index in [-0.39, 0.29) is 22.6 Å². The number of sulfonamides is 1. The number of hydrogen-bond donors (Lipinski definition) is 0. The molecule has 0 N–H and O–H groups in total. The summed E-state index contributed by atoms with van der Waals surface area (Å²) >= 11 is 12.0. The van der Waals surface area contributed by atoms with E-state index in [0.29, 0.717) is 23.9 Å². The molecular weight excluding hydrogens is 385 g/mol. The Bertz CT molecular complexity index is 932. The molecule has 8 heteroatoms. The summed E-state index contributed by atoms with van der Waals surface area (Å²) in [5.74, 6) is 1.52. The van der Waals surface area contributed by atoms with E-state index in [1.807, 2.05) is 18.2 Å². The van der Waals surface area contributed by atoms with Crippen molar-refractivity contribution in [1.82, 2.24) is 4.31 Å². The van der Waals surface area contributed by atoms with Crippen LogP contribution in [0.5, 0.6) is 11.5 Å². The fourth-order valence-electron chi connectivity index (χ4n) is 3.20. The van der Waals surface area contributed by atoms with Crippen molar-refractivity contribution in [2.45, 2.75) is 17.2 Å². The van der Waals surface area contributed by atoms with Gasteiger partial charge in [0.1, 0.15) is 4.90 Å². The van der Waals surface area contributed by atoms with Crippen LogP contribution >= 0.6 is 23.2 Å². The molecule has 1 unspecified atom stereocenters. The van der Waals surface area contributed by atoms with Crippen molar-refractivity contribution in [3.63, 3.8) is 0 Å². The molecule has 0 saturated carbocycles. The zero-order chi connectivity index (χ0) is 17.6. The normalized spacial score (nSPS) is 20.2. The van der Waals surface area contributed by atoms with E-state index in [0.717, 1.165) is 17.7 Å². The maximum atomic E-state index is 12.9. The summed E-state index contributed by atoms with van der Waals surface area (Å²) < 4.78 is 38.0. The lowest BCUT2D eigenvalue weighted by Crippen LogP contribution is -2.29. The summed E-state index contributed by atoms with van der Waals surface area (Å²) in [7, 11) is -3.68. The second kappa shape index (κ2) is 6.36. The van der Waals surface area contributed by atoms with Gasteiger partial charge < -0.3 is 9.47 Å². The van der Waals surface area contributed by atoms with Crippen LogP contribution in [0.3, 0.4) is 0 Å². The lowest BCUT2D eigenvalue weighted by atomic mass is 9.98. The van der Waals surface area contributed by atoms with Gasteiger partial charge in [0.25, 0.3) is 0 Å². The Morgan fingerprint density at radius 2 is 1.84 bits per heavy atom. The van der Waals surface area contributed by atoms with Gasteiger partial charge in [0.2, 0.25) is 16.8 Å². The summed E-state index contributed by atoms with van der Waals surface area (Å²) in [6, 6.07) is 10.2. The first-order valence-electron chi connectivity index (χ1n) is 7.80. The third-order valence-electron chi connectivity index (χ3n) is 4.53. The third-order valence-corrected chi connectivity index (χ3v) is 7.11. The maximum Gasteiger partial charge on any atom is 0.244 e. The molecule has 2 aromatic rings. The molecule has 0 aromatic heterocycles. The molecule has 0 bridgehead atoms. The quantitative estimate of drug-likeness (QED) is 0.784. The Balaban J connectivity index is 1.58. The second-order valence-corrected chi connectivity index (χ2v) is 8.79. The van der Waals surface area contributed by atoms with Crippen LogP contribution in [0.1, 0.15) is 17.9 Å². The first kappa shape index (κ1) is 17.0. The predicted molar refractivity (Wildman–Crippen MR) is 95.1 cm³/mol. The molecule has 1 saturated heterocycles. The number of ether oxygens (including phenoxy) is 2. The number of fused-ring (bicyclic) bond motifs is 1. The molecule has 2 aliphatic heterocycles. The highest BCUT2D eigenvalue weighted by Gasteiger charge is 2.35. The number of nitrogens with zero attached hydrogens (tertiary/aromatic N) is 1. The summed E-state index contributed by atoms with van der Waals surface area (Å²) in [5, 5.41) is 0.519. The van der Waals surface area contributed by atoms with Gasteiger partial charge in [0.05, 0.1) is 5.02 Å². The molecule has 0 radical (unpaired) electrons. The topological polar surface area (TPSA) is 55.8 Å². The van der Waals surface area contributed by atoms with Gasteiger partial charge in [-0.2, -0.15) is 4.31 Å². The highest BCUT2D eigenvalue weighted by atomic mass is 35.5. The average molecular weight is 400 g/mol. The van der Waals surface area contributed by atoms with Crippen LogP contribution in [0.4, 0.5) is 0 Å². The van der Waals surface area contributed by atoms with Crippen LogP contribution in [0.15, 0.2) is 41.3 Å². The number of hydrogen-bond acceptors (Lipinski definition) is 4. The molecule has 0 spiro atoms. The highest BCUT2D eigenvalue weighted by Crippen LogP contribution is 2.38. The summed E-state index contributed by atoms with van der Waals surface area (Å²) in [6.45, 7) is 1.05. The molecule has 2 aromatic carbocycles. The van der Waals surface area contributed by atoms with Crippen molar-refractivity contribution < 1.29 is 17.9 Å². The Labute approximate surface area is 156 Å². The monoisotopic (exact) mass is 399 g/mol. The molecule has 1 atom stereocenters. The molecule has 2 heterocycles. The van der Waals surface area contributed by atoms with E-state index < -0.39 is 10.0 Å². The summed E-state index contributed by atoms with van der Waals surface area (Å²) in [5.41, 5.74) is 1.04. The average Bonchev–Trinajstić information content (AvgIpc) is 3.25. The Morgan fingerprint density at radius 3 is 2.68 bits per heavy atom. The molecule has 4 rings (SSSR count). The zero-order valence-corrected chi connectivity index (χ0v) is 15.4. The molecule has 132 valence electrons. The molecule has 25 heavy (non-hydrogen) atoms. The lowest BCUT2D eigenvalue weighted by Gasteiger charge is -2.18. The molecular formula is C17H15Cl2NO4S. The first-order valence-corrected chi connectivity index (χ1v) is 9.99. The smallest absolute Gasteiger partial charge is 0.244 e. The first-order chi connectivity index (χ1) is 11.9. The molecule has 0 aliphatic carbocycles.